The minimum Gasteiger partial charge on any atom is -0.474 e. The maximum absolute atomic E-state index is 9.12. The lowest BCUT2D eigenvalue weighted by Crippen LogP contribution is -2.18. The van der Waals surface area contributed by atoms with Crippen LogP contribution in [0.3, 0.4) is 0 Å². The van der Waals surface area contributed by atoms with Crippen LogP contribution in [0, 0.1) is 13.8 Å². The van der Waals surface area contributed by atoms with E-state index in [2.05, 4.69) is 21.5 Å². The summed E-state index contributed by atoms with van der Waals surface area (Å²) in [5.41, 5.74) is 4.39. The van der Waals surface area contributed by atoms with Crippen molar-refractivity contribution in [2.45, 2.75) is 65.3 Å². The molecule has 1 fully saturated rings. The molecule has 6 heteroatoms. The molecule has 0 atom stereocenters. The standard InChI is InChI=1S/C19H28N4O2/c1-14-18(15(2)23(22-14)10-11-24)13-20-12-16-6-5-9-21-19(16)25-17-7-3-4-8-17/h5-6,9,17,20,24H,3-4,7-8,10-13H2,1-2H3. The fraction of sp³-hybridized carbons (Fsp3) is 0.579. The van der Waals surface area contributed by atoms with Gasteiger partial charge in [-0.3, -0.25) is 4.68 Å². The number of aryl methyl sites for hydroxylation is 1. The van der Waals surface area contributed by atoms with Gasteiger partial charge < -0.3 is 15.2 Å². The zero-order valence-electron chi connectivity index (χ0n) is 15.2. The first-order valence-electron chi connectivity index (χ1n) is 9.14. The van der Waals surface area contributed by atoms with E-state index in [1.165, 1.54) is 18.4 Å². The van der Waals surface area contributed by atoms with E-state index in [4.69, 9.17) is 9.84 Å². The van der Waals surface area contributed by atoms with E-state index < -0.39 is 0 Å². The summed E-state index contributed by atoms with van der Waals surface area (Å²) in [4.78, 5) is 4.42. The highest BCUT2D eigenvalue weighted by Crippen LogP contribution is 2.25. The normalized spacial score (nSPS) is 15.0. The molecule has 0 aliphatic heterocycles. The molecule has 25 heavy (non-hydrogen) atoms. The predicted octanol–water partition coefficient (Wildman–Crippen LogP) is 2.50. The molecule has 0 bridgehead atoms. The molecule has 0 spiro atoms. The van der Waals surface area contributed by atoms with E-state index in [0.717, 1.165) is 42.2 Å². The molecular formula is C19H28N4O2. The van der Waals surface area contributed by atoms with Crippen LogP contribution in [0.15, 0.2) is 18.3 Å². The Hall–Kier alpha value is -1.92. The second-order valence-electron chi connectivity index (χ2n) is 6.69. The van der Waals surface area contributed by atoms with Crippen molar-refractivity contribution < 1.29 is 9.84 Å². The zero-order valence-corrected chi connectivity index (χ0v) is 15.2. The highest BCUT2D eigenvalue weighted by molar-refractivity contribution is 5.27. The Morgan fingerprint density at radius 3 is 2.84 bits per heavy atom. The lowest BCUT2D eigenvalue weighted by atomic mass is 10.2. The van der Waals surface area contributed by atoms with Crippen molar-refractivity contribution in [2.75, 3.05) is 6.61 Å². The zero-order chi connectivity index (χ0) is 17.6. The summed E-state index contributed by atoms with van der Waals surface area (Å²) in [6, 6.07) is 4.02. The minimum absolute atomic E-state index is 0.104. The first-order valence-corrected chi connectivity index (χ1v) is 9.14. The molecule has 0 saturated heterocycles. The number of rotatable bonds is 8. The number of aliphatic hydroxyl groups excluding tert-OH is 1. The maximum atomic E-state index is 9.12. The highest BCUT2D eigenvalue weighted by atomic mass is 16.5. The molecule has 2 aromatic rings. The molecule has 0 unspecified atom stereocenters. The summed E-state index contributed by atoms with van der Waals surface area (Å²) in [5, 5.41) is 17.1. The van der Waals surface area contributed by atoms with Crippen LogP contribution < -0.4 is 10.1 Å². The largest absolute Gasteiger partial charge is 0.474 e. The third-order valence-corrected chi connectivity index (χ3v) is 4.89. The van der Waals surface area contributed by atoms with Crippen LogP contribution >= 0.6 is 0 Å². The Morgan fingerprint density at radius 2 is 2.08 bits per heavy atom. The third kappa shape index (κ3) is 4.38. The molecule has 1 aliphatic rings. The van der Waals surface area contributed by atoms with Gasteiger partial charge >= 0.3 is 0 Å². The number of nitrogens with one attached hydrogen (secondary N) is 1. The molecule has 6 nitrogen and oxygen atoms in total. The number of hydrogen-bond acceptors (Lipinski definition) is 5. The predicted molar refractivity (Wildman–Crippen MR) is 96.5 cm³/mol. The molecule has 2 N–H and O–H groups in total. The Bertz CT molecular complexity index is 693. The van der Waals surface area contributed by atoms with E-state index >= 15 is 0 Å². The molecule has 2 aromatic heterocycles. The molecule has 2 heterocycles. The summed E-state index contributed by atoms with van der Waals surface area (Å²) < 4.78 is 7.96. The quantitative estimate of drug-likeness (QED) is 0.770. The topological polar surface area (TPSA) is 72.2 Å². The number of aliphatic hydroxyl groups is 1. The van der Waals surface area contributed by atoms with E-state index in [1.807, 2.05) is 24.6 Å². The second kappa shape index (κ2) is 8.45. The number of hydrogen-bond donors (Lipinski definition) is 2. The Balaban J connectivity index is 1.61. The van der Waals surface area contributed by atoms with Gasteiger partial charge in [-0.05, 0) is 45.6 Å². The fourth-order valence-corrected chi connectivity index (χ4v) is 3.45. The monoisotopic (exact) mass is 344 g/mol. The smallest absolute Gasteiger partial charge is 0.218 e. The summed E-state index contributed by atoms with van der Waals surface area (Å²) in [5.74, 6) is 0.756. The first-order chi connectivity index (χ1) is 12.2. The van der Waals surface area contributed by atoms with Gasteiger partial charge in [-0.2, -0.15) is 5.10 Å². The average molecular weight is 344 g/mol. The average Bonchev–Trinajstić information content (AvgIpc) is 3.20. The Labute approximate surface area is 149 Å². The Morgan fingerprint density at radius 1 is 1.28 bits per heavy atom. The highest BCUT2D eigenvalue weighted by Gasteiger charge is 2.18. The van der Waals surface area contributed by atoms with Gasteiger partial charge in [0.25, 0.3) is 0 Å². The molecule has 0 aromatic carbocycles. The van der Waals surface area contributed by atoms with Crippen molar-refractivity contribution in [3.63, 3.8) is 0 Å². The molecule has 1 saturated carbocycles. The lowest BCUT2D eigenvalue weighted by molar-refractivity contribution is 0.199. The lowest BCUT2D eigenvalue weighted by Gasteiger charge is -2.15. The number of pyridine rings is 1. The maximum Gasteiger partial charge on any atom is 0.218 e. The van der Waals surface area contributed by atoms with E-state index in [0.29, 0.717) is 19.2 Å². The van der Waals surface area contributed by atoms with E-state index in [-0.39, 0.29) is 6.61 Å². The molecule has 136 valence electrons. The molecule has 1 aliphatic carbocycles. The van der Waals surface area contributed by atoms with Gasteiger partial charge in [-0.15, -0.1) is 0 Å². The van der Waals surface area contributed by atoms with Crippen LogP contribution in [0.4, 0.5) is 0 Å². The van der Waals surface area contributed by atoms with Gasteiger partial charge in [-0.25, -0.2) is 4.98 Å². The summed E-state index contributed by atoms with van der Waals surface area (Å²) in [6.07, 6.45) is 6.87. The molecule has 0 radical (unpaired) electrons. The van der Waals surface area contributed by atoms with Crippen LogP contribution in [-0.2, 0) is 19.6 Å². The van der Waals surface area contributed by atoms with Crippen molar-refractivity contribution in [1.29, 1.82) is 0 Å². The molecule has 0 amide bonds. The van der Waals surface area contributed by atoms with Crippen molar-refractivity contribution in [2.24, 2.45) is 0 Å². The third-order valence-electron chi connectivity index (χ3n) is 4.89. The molecule has 3 rings (SSSR count). The Kier molecular flexibility index (Phi) is 6.04. The van der Waals surface area contributed by atoms with Crippen LogP contribution in [0.2, 0.25) is 0 Å². The number of ether oxygens (including phenoxy) is 1. The minimum atomic E-state index is 0.104. The van der Waals surface area contributed by atoms with Crippen LogP contribution in [-0.4, -0.2) is 32.6 Å². The van der Waals surface area contributed by atoms with Crippen molar-refractivity contribution in [1.82, 2.24) is 20.1 Å². The van der Waals surface area contributed by atoms with Crippen LogP contribution in [0.25, 0.3) is 0 Å². The summed E-state index contributed by atoms with van der Waals surface area (Å²) in [6.45, 7) is 6.14. The van der Waals surface area contributed by atoms with E-state index in [9.17, 15) is 0 Å². The number of aromatic nitrogens is 3. The van der Waals surface area contributed by atoms with Gasteiger partial charge in [0.15, 0.2) is 0 Å². The van der Waals surface area contributed by atoms with Crippen molar-refractivity contribution in [3.05, 3.63) is 40.8 Å². The first kappa shape index (κ1) is 17.9. The van der Waals surface area contributed by atoms with E-state index in [1.54, 1.807) is 6.20 Å². The fourth-order valence-electron chi connectivity index (χ4n) is 3.45. The molecular weight excluding hydrogens is 316 g/mol. The summed E-state index contributed by atoms with van der Waals surface area (Å²) >= 11 is 0. The van der Waals surface area contributed by atoms with Crippen molar-refractivity contribution in [3.8, 4) is 5.88 Å². The van der Waals surface area contributed by atoms with Crippen LogP contribution in [0.1, 0.15) is 48.2 Å². The van der Waals surface area contributed by atoms with Crippen LogP contribution in [0.5, 0.6) is 5.88 Å². The van der Waals surface area contributed by atoms with Crippen molar-refractivity contribution >= 4 is 0 Å². The summed E-state index contributed by atoms with van der Waals surface area (Å²) in [7, 11) is 0. The van der Waals surface area contributed by atoms with Gasteiger partial charge in [-0.1, -0.05) is 6.07 Å². The van der Waals surface area contributed by atoms with Gasteiger partial charge in [0.2, 0.25) is 5.88 Å². The second-order valence-corrected chi connectivity index (χ2v) is 6.69. The SMILES string of the molecule is Cc1nn(CCO)c(C)c1CNCc1cccnc1OC1CCCC1. The van der Waals surface area contributed by atoms with Gasteiger partial charge in [0.05, 0.1) is 18.8 Å². The van der Waals surface area contributed by atoms with Gasteiger partial charge in [0, 0.05) is 36.1 Å². The van der Waals surface area contributed by atoms with Gasteiger partial charge in [0.1, 0.15) is 6.10 Å². The number of nitrogens with zero attached hydrogens (tertiary/aromatic N) is 3.